The number of guanidine groups is 1. The van der Waals surface area contributed by atoms with Crippen molar-refractivity contribution in [3.63, 3.8) is 0 Å². The van der Waals surface area contributed by atoms with E-state index in [1.54, 1.807) is 0 Å². The molecule has 6 nitrogen and oxygen atoms in total. The van der Waals surface area contributed by atoms with Gasteiger partial charge in [-0.3, -0.25) is 9.89 Å². The van der Waals surface area contributed by atoms with Gasteiger partial charge in [-0.05, 0) is 44.0 Å². The number of rotatable bonds is 9. The largest absolute Gasteiger partial charge is 0.491 e. The van der Waals surface area contributed by atoms with Gasteiger partial charge in [-0.2, -0.15) is 13.2 Å². The minimum Gasteiger partial charge on any atom is -0.491 e. The first-order valence-electron chi connectivity index (χ1n) is 10.2. The Morgan fingerprint density at radius 2 is 1.97 bits per heavy atom. The Balaban J connectivity index is 0.00000480. The fraction of sp³-hybridized carbons (Fsp3) is 0.571. The van der Waals surface area contributed by atoms with Crippen LogP contribution in [0.2, 0.25) is 0 Å². The Hall–Kier alpha value is -1.53. The fourth-order valence-electron chi connectivity index (χ4n) is 3.14. The lowest BCUT2D eigenvalue weighted by atomic mass is 10.1. The van der Waals surface area contributed by atoms with E-state index in [2.05, 4.69) is 27.1 Å². The lowest BCUT2D eigenvalue weighted by Gasteiger charge is -2.32. The molecule has 1 saturated heterocycles. The summed E-state index contributed by atoms with van der Waals surface area (Å²) in [6, 6.07) is 4.69. The Kier molecular flexibility index (Phi) is 12.2. The molecule has 1 fully saturated rings. The van der Waals surface area contributed by atoms with Crippen molar-refractivity contribution in [2.24, 2.45) is 4.99 Å². The number of piperidine rings is 1. The van der Waals surface area contributed by atoms with E-state index in [0.717, 1.165) is 44.6 Å². The third-order valence-electron chi connectivity index (χ3n) is 4.74. The van der Waals surface area contributed by atoms with Crippen LogP contribution in [0.1, 0.15) is 25.3 Å². The van der Waals surface area contributed by atoms with Crippen LogP contribution in [0.25, 0.3) is 0 Å². The van der Waals surface area contributed by atoms with Crippen molar-refractivity contribution in [1.82, 2.24) is 15.5 Å². The zero-order valence-corrected chi connectivity index (χ0v) is 20.0. The lowest BCUT2D eigenvalue weighted by Crippen LogP contribution is -2.49. The van der Waals surface area contributed by atoms with Gasteiger partial charge in [-0.1, -0.05) is 6.08 Å². The van der Waals surface area contributed by atoms with Gasteiger partial charge in [-0.15, -0.1) is 30.6 Å². The predicted octanol–water partition coefficient (Wildman–Crippen LogP) is 3.27. The monoisotopic (exact) mass is 556 g/mol. The number of nitrogens with one attached hydrogen (secondary N) is 2. The summed E-state index contributed by atoms with van der Waals surface area (Å²) in [5, 5.41) is 16.7. The van der Waals surface area contributed by atoms with E-state index < -0.39 is 17.8 Å². The highest BCUT2D eigenvalue weighted by Crippen LogP contribution is 2.30. The lowest BCUT2D eigenvalue weighted by molar-refractivity contribution is -0.137. The normalized spacial score (nSPS) is 16.9. The Morgan fingerprint density at radius 3 is 2.52 bits per heavy atom. The molecule has 1 atom stereocenters. The number of aliphatic hydroxyl groups is 1. The average Bonchev–Trinajstić information content (AvgIpc) is 2.72. The van der Waals surface area contributed by atoms with Gasteiger partial charge in [-0.25, -0.2) is 0 Å². The first-order valence-corrected chi connectivity index (χ1v) is 10.2. The Bertz CT molecular complexity index is 678. The third kappa shape index (κ3) is 10.1. The quantitative estimate of drug-likeness (QED) is 0.189. The van der Waals surface area contributed by atoms with Gasteiger partial charge in [0, 0.05) is 32.2 Å². The second kappa shape index (κ2) is 13.8. The highest BCUT2D eigenvalue weighted by molar-refractivity contribution is 14.0. The zero-order valence-electron chi connectivity index (χ0n) is 17.7. The topological polar surface area (TPSA) is 69.1 Å². The number of hydrogen-bond acceptors (Lipinski definition) is 4. The van der Waals surface area contributed by atoms with Crippen LogP contribution in [-0.2, 0) is 6.18 Å². The van der Waals surface area contributed by atoms with Crippen molar-refractivity contribution in [3.05, 3.63) is 42.5 Å². The molecular formula is C21H32F3IN4O2. The maximum Gasteiger partial charge on any atom is 0.416 e. The molecule has 0 aliphatic carbocycles. The van der Waals surface area contributed by atoms with E-state index in [0.29, 0.717) is 18.5 Å². The van der Waals surface area contributed by atoms with Gasteiger partial charge in [0.15, 0.2) is 5.96 Å². The molecule has 0 saturated carbocycles. The third-order valence-corrected chi connectivity index (χ3v) is 4.74. The predicted molar refractivity (Wildman–Crippen MR) is 127 cm³/mol. The number of aliphatic hydroxyl groups excluding tert-OH is 1. The molecule has 0 bridgehead atoms. The molecule has 1 unspecified atom stereocenters. The van der Waals surface area contributed by atoms with E-state index in [1.165, 1.54) is 12.1 Å². The van der Waals surface area contributed by atoms with Gasteiger partial charge in [0.1, 0.15) is 18.5 Å². The zero-order chi connectivity index (χ0) is 22.0. The summed E-state index contributed by atoms with van der Waals surface area (Å²) >= 11 is 0. The van der Waals surface area contributed by atoms with E-state index in [1.807, 2.05) is 13.0 Å². The molecule has 3 N–H and O–H groups in total. The van der Waals surface area contributed by atoms with Crippen LogP contribution in [-0.4, -0.2) is 67.4 Å². The maximum atomic E-state index is 12.6. The number of benzene rings is 1. The molecule has 0 amide bonds. The van der Waals surface area contributed by atoms with Gasteiger partial charge in [0.2, 0.25) is 0 Å². The second-order valence-electron chi connectivity index (χ2n) is 7.21. The first-order chi connectivity index (χ1) is 14.3. The molecular weight excluding hydrogens is 524 g/mol. The molecule has 1 heterocycles. The standard InChI is InChI=1S/C21H31F3N4O2.HI/c1-3-11-28-12-9-17(10-13-28)27-20(25-4-2)26-14-18(29)15-30-19-7-5-16(6-8-19)21(22,23)24;/h3,5-8,17-18,29H,1,4,9-15H2,2H3,(H2,25,26,27);1H. The van der Waals surface area contributed by atoms with Crippen LogP contribution in [0.15, 0.2) is 41.9 Å². The molecule has 176 valence electrons. The average molecular weight is 556 g/mol. The van der Waals surface area contributed by atoms with Crippen LogP contribution >= 0.6 is 24.0 Å². The van der Waals surface area contributed by atoms with Gasteiger partial charge in [0.25, 0.3) is 0 Å². The fourth-order valence-corrected chi connectivity index (χ4v) is 3.14. The molecule has 1 aliphatic rings. The van der Waals surface area contributed by atoms with Gasteiger partial charge < -0.3 is 20.5 Å². The minimum absolute atomic E-state index is 0. The van der Waals surface area contributed by atoms with Crippen LogP contribution < -0.4 is 15.4 Å². The summed E-state index contributed by atoms with van der Waals surface area (Å²) in [6.07, 6.45) is -1.36. The Labute approximate surface area is 199 Å². The van der Waals surface area contributed by atoms with Crippen LogP contribution in [0, 0.1) is 0 Å². The SMILES string of the molecule is C=CCN1CCC(NC(=NCC(O)COc2ccc(C(F)(F)F)cc2)NCC)CC1.I. The number of hydrogen-bond donors (Lipinski definition) is 3. The number of aliphatic imine (C=N–C) groups is 1. The van der Waals surface area contributed by atoms with Crippen molar-refractivity contribution in [2.45, 2.75) is 38.1 Å². The summed E-state index contributed by atoms with van der Waals surface area (Å²) in [6.45, 7) is 9.37. The molecule has 31 heavy (non-hydrogen) atoms. The van der Waals surface area contributed by atoms with Crippen LogP contribution in [0.5, 0.6) is 5.75 Å². The summed E-state index contributed by atoms with van der Waals surface area (Å²) in [5.41, 5.74) is -0.739. The molecule has 1 aromatic rings. The minimum atomic E-state index is -4.38. The number of nitrogens with zero attached hydrogens (tertiary/aromatic N) is 2. The first kappa shape index (κ1) is 27.5. The number of likely N-dealkylation sites (tertiary alicyclic amines) is 1. The van der Waals surface area contributed by atoms with Crippen LogP contribution in [0.3, 0.4) is 0 Å². The molecule has 0 aromatic heterocycles. The van der Waals surface area contributed by atoms with Crippen LogP contribution in [0.4, 0.5) is 13.2 Å². The smallest absolute Gasteiger partial charge is 0.416 e. The maximum absolute atomic E-state index is 12.6. The Morgan fingerprint density at radius 1 is 1.32 bits per heavy atom. The molecule has 10 heteroatoms. The summed E-state index contributed by atoms with van der Waals surface area (Å²) in [7, 11) is 0. The number of halogens is 4. The van der Waals surface area contributed by atoms with E-state index >= 15 is 0 Å². The number of alkyl halides is 3. The van der Waals surface area contributed by atoms with Crippen molar-refractivity contribution in [2.75, 3.05) is 39.3 Å². The summed E-state index contributed by atoms with van der Waals surface area (Å²) in [5.74, 6) is 0.899. The molecule has 0 radical (unpaired) electrons. The molecule has 1 aromatic carbocycles. The van der Waals surface area contributed by atoms with E-state index in [9.17, 15) is 18.3 Å². The summed E-state index contributed by atoms with van der Waals surface area (Å²) in [4.78, 5) is 6.75. The van der Waals surface area contributed by atoms with Crippen molar-refractivity contribution in [3.8, 4) is 5.75 Å². The van der Waals surface area contributed by atoms with Crippen molar-refractivity contribution < 1.29 is 23.0 Å². The van der Waals surface area contributed by atoms with Crippen molar-refractivity contribution >= 4 is 29.9 Å². The molecule has 1 aliphatic heterocycles. The number of ether oxygens (including phenoxy) is 1. The van der Waals surface area contributed by atoms with E-state index in [-0.39, 0.29) is 42.9 Å². The molecule has 2 rings (SSSR count). The van der Waals surface area contributed by atoms with Gasteiger partial charge in [0.05, 0.1) is 12.1 Å². The van der Waals surface area contributed by atoms with E-state index in [4.69, 9.17) is 4.74 Å². The van der Waals surface area contributed by atoms with Crippen molar-refractivity contribution in [1.29, 1.82) is 0 Å². The second-order valence-corrected chi connectivity index (χ2v) is 7.21. The van der Waals surface area contributed by atoms with Gasteiger partial charge >= 0.3 is 6.18 Å². The highest BCUT2D eigenvalue weighted by Gasteiger charge is 2.30. The molecule has 0 spiro atoms. The summed E-state index contributed by atoms with van der Waals surface area (Å²) < 4.78 is 43.1. The highest BCUT2D eigenvalue weighted by atomic mass is 127.